The SMILES string of the molecule is CCCCc1cn(-c2c(C(C)=O)ccn2C(C)C)c(=O)n1CC1(c2cccc(-c3nn[nH]n3)c2)C=CNC=C1. The first-order valence-electron chi connectivity index (χ1n) is 13.3. The molecule has 0 fully saturated rings. The van der Waals surface area contributed by atoms with Gasteiger partial charge in [-0.1, -0.05) is 43.7 Å². The Labute approximate surface area is 227 Å². The van der Waals surface area contributed by atoms with Crippen LogP contribution in [0.2, 0.25) is 0 Å². The highest BCUT2D eigenvalue weighted by Gasteiger charge is 2.32. The van der Waals surface area contributed by atoms with Gasteiger partial charge in [0.25, 0.3) is 0 Å². The second-order valence-electron chi connectivity index (χ2n) is 10.3. The zero-order chi connectivity index (χ0) is 27.6. The van der Waals surface area contributed by atoms with E-state index in [2.05, 4.69) is 51.1 Å². The number of tetrazole rings is 1. The minimum Gasteiger partial charge on any atom is -0.368 e. The molecule has 0 radical (unpaired) electrons. The molecule has 0 spiro atoms. The summed E-state index contributed by atoms with van der Waals surface area (Å²) in [6.45, 7) is 8.16. The van der Waals surface area contributed by atoms with Crippen molar-refractivity contribution < 1.29 is 4.79 Å². The van der Waals surface area contributed by atoms with Gasteiger partial charge in [-0.05, 0) is 68.9 Å². The van der Waals surface area contributed by atoms with Crippen LogP contribution in [0.15, 0.2) is 72.1 Å². The number of nitrogens with one attached hydrogen (secondary N) is 2. The third kappa shape index (κ3) is 4.89. The van der Waals surface area contributed by atoms with Crippen LogP contribution in [0, 0.1) is 0 Å². The lowest BCUT2D eigenvalue weighted by Gasteiger charge is -2.31. The van der Waals surface area contributed by atoms with E-state index in [1.165, 1.54) is 0 Å². The van der Waals surface area contributed by atoms with E-state index in [1.54, 1.807) is 17.6 Å². The van der Waals surface area contributed by atoms with E-state index in [0.29, 0.717) is 23.8 Å². The quantitative estimate of drug-likeness (QED) is 0.298. The van der Waals surface area contributed by atoms with Crippen molar-refractivity contribution in [2.75, 3.05) is 0 Å². The average Bonchev–Trinajstić information content (AvgIpc) is 3.68. The van der Waals surface area contributed by atoms with Crippen LogP contribution in [0.1, 0.15) is 68.2 Å². The predicted octanol–water partition coefficient (Wildman–Crippen LogP) is 4.32. The Kier molecular flexibility index (Phi) is 7.19. The number of Topliss-reactive ketones (excluding diaryl/α,β-unsaturated/α-hetero) is 1. The first-order valence-corrected chi connectivity index (χ1v) is 13.3. The van der Waals surface area contributed by atoms with Gasteiger partial charge in [0.15, 0.2) is 5.78 Å². The summed E-state index contributed by atoms with van der Waals surface area (Å²) in [4.78, 5) is 26.8. The first kappa shape index (κ1) is 26.1. The number of aryl methyl sites for hydroxylation is 1. The van der Waals surface area contributed by atoms with Gasteiger partial charge in [0.05, 0.1) is 11.0 Å². The second kappa shape index (κ2) is 10.7. The molecule has 4 aromatic rings. The zero-order valence-corrected chi connectivity index (χ0v) is 22.8. The molecule has 0 atom stereocenters. The molecule has 0 amide bonds. The van der Waals surface area contributed by atoms with Gasteiger partial charge in [-0.2, -0.15) is 5.21 Å². The number of imidazole rings is 1. The van der Waals surface area contributed by atoms with Crippen LogP contribution in [0.4, 0.5) is 0 Å². The molecule has 10 nitrogen and oxygen atoms in total. The molecule has 1 aliphatic heterocycles. The molecule has 4 heterocycles. The van der Waals surface area contributed by atoms with E-state index in [9.17, 15) is 9.59 Å². The van der Waals surface area contributed by atoms with Crippen molar-refractivity contribution in [3.8, 4) is 17.2 Å². The Hall–Kier alpha value is -4.47. The van der Waals surface area contributed by atoms with E-state index in [-0.39, 0.29) is 17.5 Å². The van der Waals surface area contributed by atoms with Crippen molar-refractivity contribution in [3.63, 3.8) is 0 Å². The second-order valence-corrected chi connectivity index (χ2v) is 10.3. The van der Waals surface area contributed by atoms with Crippen LogP contribution in [0.25, 0.3) is 17.2 Å². The first-order chi connectivity index (χ1) is 18.8. The lowest BCUT2D eigenvalue weighted by molar-refractivity contribution is 0.101. The van der Waals surface area contributed by atoms with Gasteiger partial charge in [-0.3, -0.25) is 13.9 Å². The molecule has 0 aliphatic carbocycles. The molecule has 1 aliphatic rings. The number of carbonyl (C=O) groups is 1. The number of rotatable bonds is 10. The smallest absolute Gasteiger partial charge is 0.334 e. The highest BCUT2D eigenvalue weighted by molar-refractivity contribution is 5.97. The Morgan fingerprint density at radius 2 is 1.95 bits per heavy atom. The molecule has 0 saturated carbocycles. The van der Waals surface area contributed by atoms with Crippen molar-refractivity contribution in [1.29, 1.82) is 0 Å². The molecule has 0 unspecified atom stereocenters. The summed E-state index contributed by atoms with van der Waals surface area (Å²) in [5.74, 6) is 1.05. The zero-order valence-electron chi connectivity index (χ0n) is 22.8. The number of benzene rings is 1. The van der Waals surface area contributed by atoms with Crippen molar-refractivity contribution >= 4 is 5.78 Å². The topological polar surface area (TPSA) is 115 Å². The van der Waals surface area contributed by atoms with Crippen LogP contribution >= 0.6 is 0 Å². The van der Waals surface area contributed by atoms with E-state index >= 15 is 0 Å². The number of nitrogens with zero attached hydrogens (tertiary/aromatic N) is 6. The maximum absolute atomic E-state index is 14.2. The number of aromatic amines is 1. The van der Waals surface area contributed by atoms with E-state index in [1.807, 2.05) is 66.0 Å². The Morgan fingerprint density at radius 3 is 2.62 bits per heavy atom. The largest absolute Gasteiger partial charge is 0.368 e. The fourth-order valence-corrected chi connectivity index (χ4v) is 5.18. The van der Waals surface area contributed by atoms with Crippen LogP contribution in [0.3, 0.4) is 0 Å². The van der Waals surface area contributed by atoms with Crippen LogP contribution in [-0.4, -0.2) is 40.1 Å². The number of allylic oxidation sites excluding steroid dienone is 2. The maximum atomic E-state index is 14.2. The average molecular weight is 527 g/mol. The molecule has 1 aromatic carbocycles. The summed E-state index contributed by atoms with van der Waals surface area (Å²) in [6.07, 6.45) is 14.4. The van der Waals surface area contributed by atoms with E-state index in [0.717, 1.165) is 36.1 Å². The van der Waals surface area contributed by atoms with Gasteiger partial charge in [0.1, 0.15) is 5.82 Å². The summed E-state index contributed by atoms with van der Waals surface area (Å²) >= 11 is 0. The monoisotopic (exact) mass is 526 g/mol. The molecular formula is C29H34N8O2. The van der Waals surface area contributed by atoms with Gasteiger partial charge in [-0.15, -0.1) is 10.2 Å². The number of H-pyrrole nitrogens is 1. The summed E-state index contributed by atoms with van der Waals surface area (Å²) in [5.41, 5.74) is 2.52. The van der Waals surface area contributed by atoms with Gasteiger partial charge < -0.3 is 9.88 Å². The molecule has 10 heteroatoms. The van der Waals surface area contributed by atoms with E-state index < -0.39 is 5.41 Å². The van der Waals surface area contributed by atoms with Crippen LogP contribution in [0.5, 0.6) is 0 Å². The van der Waals surface area contributed by atoms with Gasteiger partial charge in [-0.25, -0.2) is 4.79 Å². The summed E-state index contributed by atoms with van der Waals surface area (Å²) in [6, 6.07) is 9.88. The van der Waals surface area contributed by atoms with Crippen molar-refractivity contribution in [1.82, 2.24) is 39.6 Å². The van der Waals surface area contributed by atoms with Crippen molar-refractivity contribution in [2.45, 2.75) is 65.0 Å². The number of carbonyl (C=O) groups excluding carboxylic acids is 1. The van der Waals surface area contributed by atoms with Crippen molar-refractivity contribution in [2.24, 2.45) is 0 Å². The molecule has 39 heavy (non-hydrogen) atoms. The van der Waals surface area contributed by atoms with Crippen LogP contribution < -0.4 is 11.0 Å². The summed E-state index contributed by atoms with van der Waals surface area (Å²) < 4.78 is 5.50. The van der Waals surface area contributed by atoms with Gasteiger partial charge in [0.2, 0.25) is 5.82 Å². The van der Waals surface area contributed by atoms with Gasteiger partial charge >= 0.3 is 5.69 Å². The number of dihydropyridines is 1. The molecule has 3 aromatic heterocycles. The maximum Gasteiger partial charge on any atom is 0.334 e. The summed E-state index contributed by atoms with van der Waals surface area (Å²) in [7, 11) is 0. The standard InChI is InChI=1S/C29H34N8O2/c1-5-6-10-24-18-36(27-25(21(4)38)11-16-35(27)20(2)3)28(39)37(24)19-29(12-14-30-15-13-29)23-9-7-8-22(17-23)26-31-33-34-32-26/h7-9,11-18,20,30H,5-6,10,19H2,1-4H3,(H,31,32,33,34). The minimum atomic E-state index is -0.606. The van der Waals surface area contributed by atoms with Crippen molar-refractivity contribution in [3.05, 3.63) is 94.6 Å². The highest BCUT2D eigenvalue weighted by Crippen LogP contribution is 2.34. The predicted molar refractivity (Wildman–Crippen MR) is 150 cm³/mol. The van der Waals surface area contributed by atoms with E-state index in [4.69, 9.17) is 0 Å². The Balaban J connectivity index is 1.66. The number of unbranched alkanes of at least 4 members (excludes halogenated alkanes) is 1. The molecule has 5 rings (SSSR count). The lowest BCUT2D eigenvalue weighted by atomic mass is 9.78. The Morgan fingerprint density at radius 1 is 1.15 bits per heavy atom. The number of ketones is 1. The molecule has 0 saturated heterocycles. The minimum absolute atomic E-state index is 0.0712. The number of hydrogen-bond acceptors (Lipinski definition) is 6. The molecular weight excluding hydrogens is 492 g/mol. The summed E-state index contributed by atoms with van der Waals surface area (Å²) in [5, 5.41) is 17.6. The number of aromatic nitrogens is 7. The molecule has 202 valence electrons. The third-order valence-electron chi connectivity index (χ3n) is 7.28. The molecule has 0 bridgehead atoms. The van der Waals surface area contributed by atoms with Crippen LogP contribution in [-0.2, 0) is 18.4 Å². The third-order valence-corrected chi connectivity index (χ3v) is 7.28. The fraction of sp³-hybridized carbons (Fsp3) is 0.345. The fourth-order valence-electron chi connectivity index (χ4n) is 5.18. The Bertz CT molecular complexity index is 1570. The number of hydrogen-bond donors (Lipinski definition) is 2. The lowest BCUT2D eigenvalue weighted by Crippen LogP contribution is -2.36. The van der Waals surface area contributed by atoms with Gasteiger partial charge in [0, 0.05) is 36.2 Å². The highest BCUT2D eigenvalue weighted by atomic mass is 16.2. The molecule has 2 N–H and O–H groups in total. The normalized spacial score (nSPS) is 14.2.